The highest BCUT2D eigenvalue weighted by molar-refractivity contribution is 5.52. The fraction of sp³-hybridized carbons (Fsp3) is 0.667. The first-order valence-electron chi connectivity index (χ1n) is 11.4. The normalized spacial score (nSPS) is 25.3. The SMILES string of the molecule is CN(C)CCOC1CCC(N2C=CN(c3ccc(OC4CCCC4)cc3)C2)CC1. The smallest absolute Gasteiger partial charge is 0.119 e. The van der Waals surface area contributed by atoms with Crippen molar-refractivity contribution in [2.24, 2.45) is 0 Å². The number of hydrogen-bond donors (Lipinski definition) is 0. The maximum Gasteiger partial charge on any atom is 0.119 e. The van der Waals surface area contributed by atoms with Crippen molar-refractivity contribution in [1.29, 1.82) is 0 Å². The average molecular weight is 400 g/mol. The van der Waals surface area contributed by atoms with E-state index in [2.05, 4.69) is 65.5 Å². The van der Waals surface area contributed by atoms with Gasteiger partial charge in [-0.2, -0.15) is 0 Å². The van der Waals surface area contributed by atoms with Crippen molar-refractivity contribution in [3.8, 4) is 5.75 Å². The first kappa shape index (κ1) is 20.5. The van der Waals surface area contributed by atoms with Crippen molar-refractivity contribution in [1.82, 2.24) is 9.80 Å². The highest BCUT2D eigenvalue weighted by Crippen LogP contribution is 2.30. The molecular formula is C24H37N3O2. The minimum absolute atomic E-state index is 0.421. The molecule has 0 N–H and O–H groups in total. The molecular weight excluding hydrogens is 362 g/mol. The maximum atomic E-state index is 6.10. The molecule has 5 heteroatoms. The van der Waals surface area contributed by atoms with Gasteiger partial charge in [-0.3, -0.25) is 0 Å². The molecule has 0 unspecified atom stereocenters. The van der Waals surface area contributed by atoms with Gasteiger partial charge in [-0.05, 0) is 89.7 Å². The van der Waals surface area contributed by atoms with Gasteiger partial charge in [0.1, 0.15) is 5.75 Å². The summed E-state index contributed by atoms with van der Waals surface area (Å²) in [5.74, 6) is 1.01. The molecule has 0 amide bonds. The fourth-order valence-electron chi connectivity index (χ4n) is 4.70. The van der Waals surface area contributed by atoms with Crippen LogP contribution < -0.4 is 9.64 Å². The Kier molecular flexibility index (Phi) is 6.98. The number of rotatable bonds is 8. The monoisotopic (exact) mass is 399 g/mol. The van der Waals surface area contributed by atoms with E-state index < -0.39 is 0 Å². The van der Waals surface area contributed by atoms with Gasteiger partial charge >= 0.3 is 0 Å². The molecule has 0 saturated heterocycles. The van der Waals surface area contributed by atoms with Crippen LogP contribution in [0, 0.1) is 0 Å². The van der Waals surface area contributed by atoms with Crippen LogP contribution in [0.25, 0.3) is 0 Å². The molecule has 0 atom stereocenters. The number of likely N-dealkylation sites (N-methyl/N-ethyl adjacent to an activating group) is 1. The second-order valence-electron chi connectivity index (χ2n) is 9.05. The molecule has 0 aromatic heterocycles. The Morgan fingerprint density at radius 3 is 2.31 bits per heavy atom. The molecule has 4 rings (SSSR count). The molecule has 1 aliphatic heterocycles. The zero-order valence-electron chi connectivity index (χ0n) is 18.1. The summed E-state index contributed by atoms with van der Waals surface area (Å²) in [5.41, 5.74) is 1.24. The second kappa shape index (κ2) is 9.86. The Hall–Kier alpha value is -1.72. The standard InChI is InChI=1S/C24H37N3O2/c1-25(2)17-18-28-22-11-7-20(8-12-22)26-15-16-27(19-26)21-9-13-24(14-10-21)29-23-5-3-4-6-23/h9-10,13-16,20,22-23H,3-8,11-12,17-19H2,1-2H3. The summed E-state index contributed by atoms with van der Waals surface area (Å²) < 4.78 is 12.2. The zero-order valence-corrected chi connectivity index (χ0v) is 18.1. The maximum absolute atomic E-state index is 6.10. The summed E-state index contributed by atoms with van der Waals surface area (Å²) >= 11 is 0. The molecule has 3 aliphatic rings. The van der Waals surface area contributed by atoms with Gasteiger partial charge in [-0.1, -0.05) is 0 Å². The van der Waals surface area contributed by atoms with Crippen LogP contribution in [-0.2, 0) is 4.74 Å². The number of anilines is 1. The van der Waals surface area contributed by atoms with Crippen LogP contribution in [0.4, 0.5) is 5.69 Å². The molecule has 0 spiro atoms. The van der Waals surface area contributed by atoms with E-state index in [1.54, 1.807) is 0 Å². The summed E-state index contributed by atoms with van der Waals surface area (Å²) in [7, 11) is 4.20. The van der Waals surface area contributed by atoms with Crippen LogP contribution >= 0.6 is 0 Å². The quantitative estimate of drug-likeness (QED) is 0.644. The molecule has 2 saturated carbocycles. The molecule has 0 bridgehead atoms. The second-order valence-corrected chi connectivity index (χ2v) is 9.05. The Bertz CT molecular complexity index is 647. The van der Waals surface area contributed by atoms with Crippen molar-refractivity contribution in [3.63, 3.8) is 0 Å². The average Bonchev–Trinajstić information content (AvgIpc) is 3.41. The predicted octanol–water partition coefficient (Wildman–Crippen LogP) is 4.45. The van der Waals surface area contributed by atoms with Crippen LogP contribution in [0.3, 0.4) is 0 Å². The van der Waals surface area contributed by atoms with Crippen molar-refractivity contribution in [2.45, 2.75) is 69.6 Å². The molecule has 1 aromatic carbocycles. The van der Waals surface area contributed by atoms with Gasteiger partial charge in [-0.15, -0.1) is 0 Å². The molecule has 2 aliphatic carbocycles. The summed E-state index contributed by atoms with van der Waals surface area (Å²) in [6.07, 6.45) is 15.2. The number of nitrogens with zero attached hydrogens (tertiary/aromatic N) is 3. The minimum Gasteiger partial charge on any atom is -0.490 e. The van der Waals surface area contributed by atoms with Gasteiger partial charge in [0.25, 0.3) is 0 Å². The Balaban J connectivity index is 1.21. The first-order valence-corrected chi connectivity index (χ1v) is 11.4. The molecule has 1 heterocycles. The van der Waals surface area contributed by atoms with E-state index in [-0.39, 0.29) is 0 Å². The Morgan fingerprint density at radius 1 is 0.897 bits per heavy atom. The first-order chi connectivity index (χ1) is 14.2. The van der Waals surface area contributed by atoms with Crippen molar-refractivity contribution in [3.05, 3.63) is 36.7 Å². The van der Waals surface area contributed by atoms with Gasteiger partial charge in [-0.25, -0.2) is 0 Å². The predicted molar refractivity (Wildman–Crippen MR) is 118 cm³/mol. The molecule has 0 radical (unpaired) electrons. The lowest BCUT2D eigenvalue weighted by molar-refractivity contribution is 0.00805. The third-order valence-corrected chi connectivity index (χ3v) is 6.53. The van der Waals surface area contributed by atoms with Crippen LogP contribution in [0.5, 0.6) is 5.75 Å². The van der Waals surface area contributed by atoms with E-state index in [1.165, 1.54) is 57.1 Å². The number of hydrogen-bond acceptors (Lipinski definition) is 5. The summed E-state index contributed by atoms with van der Waals surface area (Å²) in [5, 5.41) is 0. The molecule has 29 heavy (non-hydrogen) atoms. The number of ether oxygens (including phenoxy) is 2. The van der Waals surface area contributed by atoms with Gasteiger partial charge in [0.05, 0.1) is 25.5 Å². The fourth-order valence-corrected chi connectivity index (χ4v) is 4.70. The van der Waals surface area contributed by atoms with Crippen LogP contribution in [0.15, 0.2) is 36.7 Å². The lowest BCUT2D eigenvalue weighted by atomic mass is 9.92. The van der Waals surface area contributed by atoms with Crippen molar-refractivity contribution < 1.29 is 9.47 Å². The van der Waals surface area contributed by atoms with E-state index in [1.807, 2.05) is 0 Å². The Morgan fingerprint density at radius 2 is 1.62 bits per heavy atom. The zero-order chi connectivity index (χ0) is 20.1. The Labute approximate surface area is 176 Å². The third kappa shape index (κ3) is 5.67. The summed E-state index contributed by atoms with van der Waals surface area (Å²) in [4.78, 5) is 7.01. The summed E-state index contributed by atoms with van der Waals surface area (Å²) in [6.45, 7) is 2.80. The van der Waals surface area contributed by atoms with E-state index in [0.717, 1.165) is 25.6 Å². The van der Waals surface area contributed by atoms with Gasteiger partial charge in [0.15, 0.2) is 0 Å². The van der Waals surface area contributed by atoms with E-state index in [4.69, 9.17) is 9.47 Å². The molecule has 2 fully saturated rings. The van der Waals surface area contributed by atoms with Crippen molar-refractivity contribution >= 4 is 5.69 Å². The van der Waals surface area contributed by atoms with E-state index in [0.29, 0.717) is 18.2 Å². The lowest BCUT2D eigenvalue weighted by Crippen LogP contribution is -2.38. The van der Waals surface area contributed by atoms with Crippen molar-refractivity contribution in [2.75, 3.05) is 38.8 Å². The van der Waals surface area contributed by atoms with Gasteiger partial charge in [0.2, 0.25) is 0 Å². The largest absolute Gasteiger partial charge is 0.490 e. The van der Waals surface area contributed by atoms with Crippen LogP contribution in [-0.4, -0.2) is 62.0 Å². The van der Waals surface area contributed by atoms with Gasteiger partial charge < -0.3 is 24.2 Å². The summed E-state index contributed by atoms with van der Waals surface area (Å²) in [6, 6.07) is 9.26. The molecule has 5 nitrogen and oxygen atoms in total. The van der Waals surface area contributed by atoms with Crippen LogP contribution in [0.2, 0.25) is 0 Å². The highest BCUT2D eigenvalue weighted by atomic mass is 16.5. The third-order valence-electron chi connectivity index (χ3n) is 6.53. The molecule has 1 aromatic rings. The van der Waals surface area contributed by atoms with E-state index >= 15 is 0 Å². The lowest BCUT2D eigenvalue weighted by Gasteiger charge is -2.35. The van der Waals surface area contributed by atoms with E-state index in [9.17, 15) is 0 Å². The highest BCUT2D eigenvalue weighted by Gasteiger charge is 2.27. The van der Waals surface area contributed by atoms with Crippen LogP contribution in [0.1, 0.15) is 51.4 Å². The van der Waals surface area contributed by atoms with Gasteiger partial charge in [0, 0.05) is 30.7 Å². The topological polar surface area (TPSA) is 28.2 Å². The minimum atomic E-state index is 0.421. The molecule has 160 valence electrons. The number of benzene rings is 1.